The Hall–Kier alpha value is -1.23. The van der Waals surface area contributed by atoms with Crippen molar-refractivity contribution in [1.82, 2.24) is 0 Å². The van der Waals surface area contributed by atoms with Crippen molar-refractivity contribution in [3.8, 4) is 0 Å². The van der Waals surface area contributed by atoms with Crippen LogP contribution in [-0.4, -0.2) is 32.2 Å². The van der Waals surface area contributed by atoms with Gasteiger partial charge in [-0.05, 0) is 24.5 Å². The summed E-state index contributed by atoms with van der Waals surface area (Å²) in [6.07, 6.45) is 1.65. The Labute approximate surface area is 129 Å². The molecule has 21 heavy (non-hydrogen) atoms. The standard InChI is InChI=1S/C16H28O4Si/c1-12(10-17)8-7-9-15(19)16(20-14(3)18)13(2)11-21(4,5)6/h10,12,16H,2,7-9,11H2,1,3-6H3/t12-,16?/m0/s1. The topological polar surface area (TPSA) is 60.4 Å². The first-order valence-corrected chi connectivity index (χ1v) is 11.1. The predicted molar refractivity (Wildman–Crippen MR) is 86.9 cm³/mol. The molecule has 0 bridgehead atoms. The first-order chi connectivity index (χ1) is 9.56. The van der Waals surface area contributed by atoms with Gasteiger partial charge in [-0.2, -0.15) is 0 Å². The molecule has 0 rings (SSSR count). The molecule has 0 aliphatic rings. The maximum absolute atomic E-state index is 12.3. The van der Waals surface area contributed by atoms with Gasteiger partial charge >= 0.3 is 5.97 Å². The summed E-state index contributed by atoms with van der Waals surface area (Å²) in [4.78, 5) is 34.0. The SMILES string of the molecule is C=C(C[Si](C)(C)C)C(OC(C)=O)C(=O)CCC[C@H](C)C=O. The van der Waals surface area contributed by atoms with Gasteiger partial charge in [0.15, 0.2) is 11.9 Å². The van der Waals surface area contributed by atoms with Crippen molar-refractivity contribution in [2.75, 3.05) is 0 Å². The van der Waals surface area contributed by atoms with Gasteiger partial charge < -0.3 is 9.53 Å². The summed E-state index contributed by atoms with van der Waals surface area (Å²) in [7, 11) is -1.42. The maximum atomic E-state index is 12.3. The largest absolute Gasteiger partial charge is 0.450 e. The molecule has 0 heterocycles. The summed E-state index contributed by atoms with van der Waals surface area (Å²) in [5, 5.41) is 0. The van der Waals surface area contributed by atoms with E-state index < -0.39 is 20.1 Å². The lowest BCUT2D eigenvalue weighted by Gasteiger charge is -2.23. The molecule has 0 fully saturated rings. The molecule has 0 N–H and O–H groups in total. The number of hydrogen-bond donors (Lipinski definition) is 0. The number of aldehydes is 1. The average molecular weight is 312 g/mol. The Balaban J connectivity index is 4.66. The van der Waals surface area contributed by atoms with E-state index in [9.17, 15) is 14.4 Å². The van der Waals surface area contributed by atoms with E-state index in [-0.39, 0.29) is 11.7 Å². The van der Waals surface area contributed by atoms with Gasteiger partial charge in [0.05, 0.1) is 0 Å². The van der Waals surface area contributed by atoms with E-state index in [0.717, 1.165) is 12.3 Å². The van der Waals surface area contributed by atoms with E-state index in [1.807, 2.05) is 6.92 Å². The van der Waals surface area contributed by atoms with Gasteiger partial charge in [-0.3, -0.25) is 9.59 Å². The molecule has 120 valence electrons. The average Bonchev–Trinajstić information content (AvgIpc) is 2.32. The summed E-state index contributed by atoms with van der Waals surface area (Å²) >= 11 is 0. The zero-order valence-electron chi connectivity index (χ0n) is 13.9. The summed E-state index contributed by atoms with van der Waals surface area (Å²) in [5.74, 6) is -0.631. The van der Waals surface area contributed by atoms with Crippen molar-refractivity contribution >= 4 is 26.1 Å². The highest BCUT2D eigenvalue weighted by atomic mass is 28.3. The fourth-order valence-corrected chi connectivity index (χ4v) is 3.66. The van der Waals surface area contributed by atoms with Crippen LogP contribution >= 0.6 is 0 Å². The lowest BCUT2D eigenvalue weighted by atomic mass is 10.00. The van der Waals surface area contributed by atoms with Crippen molar-refractivity contribution in [2.24, 2.45) is 5.92 Å². The zero-order valence-corrected chi connectivity index (χ0v) is 14.9. The molecule has 1 unspecified atom stereocenters. The minimum absolute atomic E-state index is 0.0461. The zero-order chi connectivity index (χ0) is 16.6. The molecule has 0 aliphatic heterocycles. The van der Waals surface area contributed by atoms with Crippen LogP contribution in [0, 0.1) is 5.92 Å². The van der Waals surface area contributed by atoms with E-state index in [4.69, 9.17) is 4.74 Å². The first kappa shape index (κ1) is 19.8. The van der Waals surface area contributed by atoms with Crippen LogP contribution in [0.25, 0.3) is 0 Å². The molecule has 4 nitrogen and oxygen atoms in total. The Morgan fingerprint density at radius 1 is 1.29 bits per heavy atom. The Morgan fingerprint density at radius 3 is 2.29 bits per heavy atom. The van der Waals surface area contributed by atoms with Gasteiger partial charge in [0.2, 0.25) is 0 Å². The first-order valence-electron chi connectivity index (χ1n) is 7.39. The van der Waals surface area contributed by atoms with Crippen LogP contribution in [-0.2, 0) is 19.1 Å². The van der Waals surface area contributed by atoms with Gasteiger partial charge in [-0.1, -0.05) is 33.1 Å². The summed E-state index contributed by atoms with van der Waals surface area (Å²) in [6.45, 7) is 13.6. The molecule has 0 amide bonds. The van der Waals surface area contributed by atoms with Gasteiger partial charge in [-0.25, -0.2) is 0 Å². The quantitative estimate of drug-likeness (QED) is 0.268. The van der Waals surface area contributed by atoms with Crippen molar-refractivity contribution in [2.45, 2.75) is 64.9 Å². The predicted octanol–water partition coefficient (Wildman–Crippen LogP) is 3.39. The number of ether oxygens (including phenoxy) is 1. The van der Waals surface area contributed by atoms with Gasteiger partial charge in [0.1, 0.15) is 6.29 Å². The van der Waals surface area contributed by atoms with Crippen LogP contribution in [0.1, 0.15) is 33.1 Å². The van der Waals surface area contributed by atoms with Crippen LogP contribution in [0.15, 0.2) is 12.2 Å². The second-order valence-corrected chi connectivity index (χ2v) is 12.3. The van der Waals surface area contributed by atoms with E-state index in [0.29, 0.717) is 24.8 Å². The normalized spacial score (nSPS) is 14.1. The van der Waals surface area contributed by atoms with Crippen molar-refractivity contribution < 1.29 is 19.1 Å². The molecule has 0 aliphatic carbocycles. The maximum Gasteiger partial charge on any atom is 0.303 e. The number of ketones is 1. The lowest BCUT2D eigenvalue weighted by Crippen LogP contribution is -2.32. The summed E-state index contributed by atoms with van der Waals surface area (Å²) in [5.41, 5.74) is 0.692. The molecular weight excluding hydrogens is 284 g/mol. The molecule has 5 heteroatoms. The van der Waals surface area contributed by atoms with Crippen LogP contribution in [0.4, 0.5) is 0 Å². The molecule has 0 saturated heterocycles. The lowest BCUT2D eigenvalue weighted by molar-refractivity contribution is -0.150. The second-order valence-electron chi connectivity index (χ2n) is 6.86. The van der Waals surface area contributed by atoms with Crippen molar-refractivity contribution in [3.63, 3.8) is 0 Å². The number of rotatable bonds is 10. The molecule has 0 radical (unpaired) electrons. The number of carbonyl (C=O) groups excluding carboxylic acids is 3. The van der Waals surface area contributed by atoms with Crippen LogP contribution in [0.3, 0.4) is 0 Å². The molecular formula is C16H28O4Si. The highest BCUT2D eigenvalue weighted by Gasteiger charge is 2.27. The Kier molecular flexibility index (Phi) is 8.40. The third-order valence-electron chi connectivity index (χ3n) is 3.02. The molecule has 0 aromatic rings. The fraction of sp³-hybridized carbons (Fsp3) is 0.688. The monoisotopic (exact) mass is 312 g/mol. The Bertz CT molecular complexity index is 396. The summed E-state index contributed by atoms with van der Waals surface area (Å²) < 4.78 is 5.17. The molecule has 2 atom stereocenters. The van der Waals surface area contributed by atoms with Crippen LogP contribution in [0.5, 0.6) is 0 Å². The molecule has 0 aromatic heterocycles. The highest BCUT2D eigenvalue weighted by molar-refractivity contribution is 6.76. The van der Waals surface area contributed by atoms with E-state index >= 15 is 0 Å². The Morgan fingerprint density at radius 2 is 1.86 bits per heavy atom. The molecule has 0 aromatic carbocycles. The van der Waals surface area contributed by atoms with Gasteiger partial charge in [0.25, 0.3) is 0 Å². The van der Waals surface area contributed by atoms with Crippen LogP contribution < -0.4 is 0 Å². The second kappa shape index (κ2) is 8.92. The fourth-order valence-electron chi connectivity index (χ4n) is 2.11. The van der Waals surface area contributed by atoms with Crippen molar-refractivity contribution in [3.05, 3.63) is 12.2 Å². The number of Topliss-reactive ketones (excluding diaryl/α,β-unsaturated/α-hetero) is 1. The molecule has 0 saturated carbocycles. The summed E-state index contributed by atoms with van der Waals surface area (Å²) in [6, 6.07) is 0.751. The van der Waals surface area contributed by atoms with E-state index in [1.54, 1.807) is 0 Å². The van der Waals surface area contributed by atoms with Crippen molar-refractivity contribution in [1.29, 1.82) is 0 Å². The minimum atomic E-state index is -1.42. The number of esters is 1. The van der Waals surface area contributed by atoms with Crippen LogP contribution in [0.2, 0.25) is 25.7 Å². The van der Waals surface area contributed by atoms with Gasteiger partial charge in [0, 0.05) is 27.3 Å². The minimum Gasteiger partial charge on any atom is -0.450 e. The smallest absolute Gasteiger partial charge is 0.303 e. The third-order valence-corrected chi connectivity index (χ3v) is 4.53. The third kappa shape index (κ3) is 9.34. The molecule has 0 spiro atoms. The van der Waals surface area contributed by atoms with E-state index in [1.165, 1.54) is 6.92 Å². The van der Waals surface area contributed by atoms with Gasteiger partial charge in [-0.15, -0.1) is 0 Å². The van der Waals surface area contributed by atoms with E-state index in [2.05, 4.69) is 26.2 Å². The number of hydrogen-bond acceptors (Lipinski definition) is 4. The number of carbonyl (C=O) groups is 3. The highest BCUT2D eigenvalue weighted by Crippen LogP contribution is 2.22.